The fraction of sp³-hybridized carbons (Fsp3) is 0.300. The molecule has 2 aromatic carbocycles. The van der Waals surface area contributed by atoms with Crippen molar-refractivity contribution in [1.29, 1.82) is 0 Å². The van der Waals surface area contributed by atoms with Gasteiger partial charge in [-0.2, -0.15) is 0 Å². The fourth-order valence-electron chi connectivity index (χ4n) is 2.51. The highest BCUT2D eigenvalue weighted by Crippen LogP contribution is 2.29. The van der Waals surface area contributed by atoms with Crippen molar-refractivity contribution in [3.05, 3.63) is 48.0 Å². The van der Waals surface area contributed by atoms with Crippen molar-refractivity contribution in [3.63, 3.8) is 0 Å². The summed E-state index contributed by atoms with van der Waals surface area (Å²) in [7, 11) is -2.60. The van der Waals surface area contributed by atoms with Gasteiger partial charge in [-0.1, -0.05) is 26.0 Å². The summed E-state index contributed by atoms with van der Waals surface area (Å²) in [4.78, 5) is 23.7. The molecule has 0 spiro atoms. The van der Waals surface area contributed by atoms with Crippen LogP contribution < -0.4 is 20.1 Å². The molecule has 0 saturated heterocycles. The molecule has 0 radical (unpaired) electrons. The van der Waals surface area contributed by atoms with Gasteiger partial charge in [0.2, 0.25) is 5.91 Å². The smallest absolute Gasteiger partial charge is 0.261 e. The van der Waals surface area contributed by atoms with Gasteiger partial charge >= 0.3 is 0 Å². The molecule has 0 aliphatic rings. The van der Waals surface area contributed by atoms with E-state index in [0.717, 1.165) is 0 Å². The second-order valence-corrected chi connectivity index (χ2v) is 8.48. The van der Waals surface area contributed by atoms with E-state index in [1.165, 1.54) is 38.3 Å². The van der Waals surface area contributed by atoms with Crippen LogP contribution in [0.4, 0.5) is 11.4 Å². The lowest BCUT2D eigenvalue weighted by Crippen LogP contribution is -2.28. The molecule has 0 aliphatic carbocycles. The van der Waals surface area contributed by atoms with Crippen LogP contribution >= 0.6 is 0 Å². The van der Waals surface area contributed by atoms with Crippen molar-refractivity contribution in [2.75, 3.05) is 23.7 Å². The maximum Gasteiger partial charge on any atom is 0.261 e. The molecule has 0 fully saturated rings. The van der Waals surface area contributed by atoms with E-state index in [1.54, 1.807) is 18.2 Å². The van der Waals surface area contributed by atoms with Crippen molar-refractivity contribution < 1.29 is 22.7 Å². The van der Waals surface area contributed by atoms with Crippen LogP contribution in [-0.2, 0) is 14.8 Å². The molecule has 2 amide bonds. The summed E-state index contributed by atoms with van der Waals surface area (Å²) in [5.41, 5.74) is 0.601. The summed E-state index contributed by atoms with van der Waals surface area (Å²) >= 11 is 0. The summed E-state index contributed by atoms with van der Waals surface area (Å²) < 4.78 is 33.4. The highest BCUT2D eigenvalue weighted by Gasteiger charge is 2.20. The van der Waals surface area contributed by atoms with Crippen LogP contribution in [0.3, 0.4) is 0 Å². The van der Waals surface area contributed by atoms with Crippen molar-refractivity contribution in [2.45, 2.75) is 25.7 Å². The minimum Gasteiger partial charge on any atom is -0.495 e. The molecule has 29 heavy (non-hydrogen) atoms. The van der Waals surface area contributed by atoms with Gasteiger partial charge in [-0.05, 0) is 36.2 Å². The zero-order valence-corrected chi connectivity index (χ0v) is 17.6. The highest BCUT2D eigenvalue weighted by molar-refractivity contribution is 7.92. The summed E-state index contributed by atoms with van der Waals surface area (Å²) in [5.74, 6) is -0.148. The van der Waals surface area contributed by atoms with Crippen LogP contribution in [0.2, 0.25) is 0 Å². The Kier molecular flexibility index (Phi) is 7.22. The summed E-state index contributed by atoms with van der Waals surface area (Å²) in [6.45, 7) is 5.71. The Morgan fingerprint density at radius 1 is 1.07 bits per heavy atom. The van der Waals surface area contributed by atoms with Crippen molar-refractivity contribution in [1.82, 2.24) is 5.32 Å². The monoisotopic (exact) mass is 419 g/mol. The summed E-state index contributed by atoms with van der Waals surface area (Å²) in [5, 5.41) is 5.31. The molecular weight excluding hydrogens is 394 g/mol. The zero-order chi connectivity index (χ0) is 21.6. The first-order chi connectivity index (χ1) is 13.6. The van der Waals surface area contributed by atoms with Gasteiger partial charge in [0.05, 0.1) is 28.9 Å². The van der Waals surface area contributed by atoms with Crippen LogP contribution in [0, 0.1) is 5.92 Å². The van der Waals surface area contributed by atoms with E-state index in [-0.39, 0.29) is 39.6 Å². The van der Waals surface area contributed by atoms with Crippen LogP contribution in [0.1, 0.15) is 31.1 Å². The lowest BCUT2D eigenvalue weighted by molar-refractivity contribution is -0.114. The number of sulfonamides is 1. The number of hydrogen-bond acceptors (Lipinski definition) is 5. The maximum atomic E-state index is 12.9. The van der Waals surface area contributed by atoms with E-state index >= 15 is 0 Å². The highest BCUT2D eigenvalue weighted by atomic mass is 32.2. The van der Waals surface area contributed by atoms with E-state index in [4.69, 9.17) is 4.74 Å². The van der Waals surface area contributed by atoms with E-state index in [1.807, 2.05) is 13.8 Å². The average Bonchev–Trinajstić information content (AvgIpc) is 2.65. The minimum absolute atomic E-state index is 0.0839. The third-order valence-electron chi connectivity index (χ3n) is 3.88. The molecule has 0 saturated carbocycles. The molecule has 156 valence electrons. The number of amides is 2. The number of nitrogens with one attached hydrogen (secondary N) is 3. The third kappa shape index (κ3) is 5.95. The number of hydrogen-bond donors (Lipinski definition) is 3. The van der Waals surface area contributed by atoms with E-state index in [2.05, 4.69) is 15.4 Å². The Balaban J connectivity index is 2.35. The van der Waals surface area contributed by atoms with Crippen LogP contribution in [0.25, 0.3) is 0 Å². The normalized spacial score (nSPS) is 11.1. The van der Waals surface area contributed by atoms with Gasteiger partial charge in [0.1, 0.15) is 5.75 Å². The maximum absolute atomic E-state index is 12.9. The molecule has 9 heteroatoms. The second kappa shape index (κ2) is 9.42. The van der Waals surface area contributed by atoms with Gasteiger partial charge < -0.3 is 15.4 Å². The number of ether oxygens (including phenoxy) is 1. The quantitative estimate of drug-likeness (QED) is 0.609. The van der Waals surface area contributed by atoms with Crippen LogP contribution in [0.15, 0.2) is 47.4 Å². The molecular formula is C20H25N3O5S. The first-order valence-electron chi connectivity index (χ1n) is 8.99. The third-order valence-corrected chi connectivity index (χ3v) is 5.24. The van der Waals surface area contributed by atoms with Gasteiger partial charge in [0, 0.05) is 13.5 Å². The van der Waals surface area contributed by atoms with E-state index < -0.39 is 10.0 Å². The predicted molar refractivity (Wildman–Crippen MR) is 112 cm³/mol. The predicted octanol–water partition coefficient (Wildman–Crippen LogP) is 2.84. The summed E-state index contributed by atoms with van der Waals surface area (Å²) in [6, 6.07) is 10.4. The molecule has 8 nitrogen and oxygen atoms in total. The number of benzene rings is 2. The van der Waals surface area contributed by atoms with Gasteiger partial charge in [-0.25, -0.2) is 8.42 Å². The van der Waals surface area contributed by atoms with Gasteiger partial charge in [0.25, 0.3) is 15.9 Å². The van der Waals surface area contributed by atoms with Crippen molar-refractivity contribution in [2.24, 2.45) is 5.92 Å². The lowest BCUT2D eigenvalue weighted by Gasteiger charge is -2.15. The number of methoxy groups -OCH3 is 1. The number of para-hydroxylation sites is 1. The Morgan fingerprint density at radius 2 is 1.76 bits per heavy atom. The number of carbonyl (C=O) groups excluding carboxylic acids is 2. The molecule has 0 unspecified atom stereocenters. The second-order valence-electron chi connectivity index (χ2n) is 6.80. The molecule has 0 bridgehead atoms. The molecule has 0 aliphatic heterocycles. The van der Waals surface area contributed by atoms with Crippen molar-refractivity contribution >= 4 is 33.2 Å². The topological polar surface area (TPSA) is 114 Å². The fourth-order valence-corrected chi connectivity index (χ4v) is 3.61. The van der Waals surface area contributed by atoms with Crippen LogP contribution in [-0.4, -0.2) is 33.9 Å². The molecule has 3 N–H and O–H groups in total. The zero-order valence-electron chi connectivity index (χ0n) is 16.8. The number of rotatable bonds is 8. The average molecular weight is 420 g/mol. The molecule has 0 atom stereocenters. The Bertz CT molecular complexity index is 1000. The first-order valence-corrected chi connectivity index (χ1v) is 10.5. The Hall–Kier alpha value is -3.07. The summed E-state index contributed by atoms with van der Waals surface area (Å²) in [6.07, 6.45) is 0. The number of carbonyl (C=O) groups is 2. The lowest BCUT2D eigenvalue weighted by atomic mass is 10.1. The van der Waals surface area contributed by atoms with Gasteiger partial charge in [-0.15, -0.1) is 0 Å². The standard InChI is InChI=1S/C20H25N3O5S/c1-13(2)12-21-20(25)16-7-5-6-8-17(16)23-29(26,27)15-9-10-19(28-4)18(11-15)22-14(3)24/h5-11,13,23H,12H2,1-4H3,(H,21,25)(H,22,24). The number of anilines is 2. The largest absolute Gasteiger partial charge is 0.495 e. The van der Waals surface area contributed by atoms with E-state index in [9.17, 15) is 18.0 Å². The Labute approximate surface area is 170 Å². The minimum atomic E-state index is -4.02. The molecule has 2 aromatic rings. The molecule has 0 heterocycles. The van der Waals surface area contributed by atoms with Gasteiger partial charge in [-0.3, -0.25) is 14.3 Å². The van der Waals surface area contributed by atoms with E-state index in [0.29, 0.717) is 12.3 Å². The first kappa shape index (κ1) is 22.2. The van der Waals surface area contributed by atoms with Crippen LogP contribution in [0.5, 0.6) is 5.75 Å². The molecule has 2 rings (SSSR count). The molecule has 0 aromatic heterocycles. The van der Waals surface area contributed by atoms with Crippen molar-refractivity contribution in [3.8, 4) is 5.75 Å². The Morgan fingerprint density at radius 3 is 2.38 bits per heavy atom. The SMILES string of the molecule is COc1ccc(S(=O)(=O)Nc2ccccc2C(=O)NCC(C)C)cc1NC(C)=O. The van der Waals surface area contributed by atoms with Gasteiger partial charge in [0.15, 0.2) is 0 Å².